The van der Waals surface area contributed by atoms with E-state index < -0.39 is 11.7 Å². The van der Waals surface area contributed by atoms with Crippen molar-refractivity contribution in [2.24, 2.45) is 0 Å². The highest BCUT2D eigenvalue weighted by Crippen LogP contribution is 2.41. The van der Waals surface area contributed by atoms with E-state index in [1.54, 1.807) is 11.8 Å². The average Bonchev–Trinajstić information content (AvgIpc) is 3.31. The zero-order valence-corrected chi connectivity index (χ0v) is 15.7. The van der Waals surface area contributed by atoms with Crippen molar-refractivity contribution in [1.29, 1.82) is 0 Å². The van der Waals surface area contributed by atoms with E-state index in [0.29, 0.717) is 18.2 Å². The quantitative estimate of drug-likeness (QED) is 0.627. The zero-order valence-electron chi connectivity index (χ0n) is 14.9. The van der Waals surface area contributed by atoms with Gasteiger partial charge in [0.05, 0.1) is 0 Å². The fourth-order valence-corrected chi connectivity index (χ4v) is 3.22. The van der Waals surface area contributed by atoms with Gasteiger partial charge < -0.3 is 10.1 Å². The highest BCUT2D eigenvalue weighted by molar-refractivity contribution is 7.99. The number of carbonyl (C=O) groups excluding carboxylic acids is 1. The van der Waals surface area contributed by atoms with Gasteiger partial charge in [-0.05, 0) is 45.7 Å². The molecule has 134 valence electrons. The van der Waals surface area contributed by atoms with Gasteiger partial charge in [-0.3, -0.25) is 4.57 Å². The van der Waals surface area contributed by atoms with E-state index in [2.05, 4.69) is 32.2 Å². The summed E-state index contributed by atoms with van der Waals surface area (Å²) in [4.78, 5) is 11.7. The van der Waals surface area contributed by atoms with Gasteiger partial charge in [0.25, 0.3) is 0 Å². The average molecular weight is 360 g/mol. The Labute approximate surface area is 152 Å². The second-order valence-corrected chi connectivity index (χ2v) is 8.13. The molecule has 1 aromatic carbocycles. The van der Waals surface area contributed by atoms with Gasteiger partial charge >= 0.3 is 6.09 Å². The molecule has 1 aliphatic carbocycles. The number of nitrogens with one attached hydrogen (secondary N) is 1. The number of amides is 1. The van der Waals surface area contributed by atoms with Crippen LogP contribution in [0.15, 0.2) is 35.5 Å². The normalized spacial score (nSPS) is 14.4. The first kappa shape index (κ1) is 17.8. The summed E-state index contributed by atoms with van der Waals surface area (Å²) in [6.45, 7) is 6.06. The number of hydrogen-bond donors (Lipinski definition) is 1. The van der Waals surface area contributed by atoms with Crippen LogP contribution < -0.4 is 5.32 Å². The fraction of sp³-hybridized carbons (Fsp3) is 0.500. The summed E-state index contributed by atoms with van der Waals surface area (Å²) in [6.07, 6.45) is 1.96. The molecular weight excluding hydrogens is 336 g/mol. The van der Waals surface area contributed by atoms with Crippen LogP contribution in [0.5, 0.6) is 0 Å². The van der Waals surface area contributed by atoms with E-state index in [0.717, 1.165) is 16.7 Å². The minimum Gasteiger partial charge on any atom is -0.444 e. The Morgan fingerprint density at radius 3 is 2.64 bits per heavy atom. The van der Waals surface area contributed by atoms with Crippen LogP contribution in [0.3, 0.4) is 0 Å². The molecule has 25 heavy (non-hydrogen) atoms. The molecule has 0 radical (unpaired) electrons. The van der Waals surface area contributed by atoms with Crippen LogP contribution in [-0.4, -0.2) is 38.8 Å². The predicted octanol–water partition coefficient (Wildman–Crippen LogP) is 3.76. The first-order chi connectivity index (χ1) is 11.9. The highest BCUT2D eigenvalue weighted by Gasteiger charge is 2.31. The van der Waals surface area contributed by atoms with Crippen LogP contribution in [0.2, 0.25) is 0 Å². The largest absolute Gasteiger partial charge is 0.444 e. The number of aromatic nitrogens is 3. The van der Waals surface area contributed by atoms with Crippen LogP contribution in [0.25, 0.3) is 5.69 Å². The maximum absolute atomic E-state index is 11.7. The SMILES string of the molecule is CC(C)(C)OC(=O)NCCSc1nnc(C2CC2)n1-c1ccccc1. The van der Waals surface area contributed by atoms with Gasteiger partial charge in [-0.2, -0.15) is 0 Å². The maximum atomic E-state index is 11.7. The number of rotatable bonds is 6. The maximum Gasteiger partial charge on any atom is 0.407 e. The van der Waals surface area contributed by atoms with E-state index in [-0.39, 0.29) is 0 Å². The molecule has 0 atom stereocenters. The van der Waals surface area contributed by atoms with Gasteiger partial charge in [0, 0.05) is 23.9 Å². The molecule has 3 rings (SSSR count). The molecule has 1 saturated carbocycles. The lowest BCUT2D eigenvalue weighted by Gasteiger charge is -2.19. The third-order valence-corrected chi connectivity index (χ3v) is 4.55. The summed E-state index contributed by atoms with van der Waals surface area (Å²) in [5.74, 6) is 2.25. The summed E-state index contributed by atoms with van der Waals surface area (Å²) >= 11 is 1.59. The summed E-state index contributed by atoms with van der Waals surface area (Å²) < 4.78 is 7.37. The van der Waals surface area contributed by atoms with Crippen molar-refractivity contribution in [2.45, 2.75) is 50.3 Å². The van der Waals surface area contributed by atoms with Gasteiger partial charge in [-0.25, -0.2) is 4.79 Å². The molecule has 0 unspecified atom stereocenters. The Balaban J connectivity index is 1.61. The van der Waals surface area contributed by atoms with Crippen LogP contribution in [0.1, 0.15) is 45.4 Å². The first-order valence-corrected chi connectivity index (χ1v) is 9.53. The molecular formula is C18H24N4O2S. The Hall–Kier alpha value is -2.02. The van der Waals surface area contributed by atoms with Crippen molar-refractivity contribution >= 4 is 17.9 Å². The molecule has 0 aliphatic heterocycles. The van der Waals surface area contributed by atoms with Crippen molar-refractivity contribution in [3.63, 3.8) is 0 Å². The molecule has 2 aromatic rings. The van der Waals surface area contributed by atoms with E-state index in [1.807, 2.05) is 39.0 Å². The van der Waals surface area contributed by atoms with Crippen molar-refractivity contribution in [3.8, 4) is 5.69 Å². The Bertz CT molecular complexity index is 720. The third kappa shape index (κ3) is 4.98. The number of hydrogen-bond acceptors (Lipinski definition) is 5. The number of carbonyl (C=O) groups is 1. The minimum absolute atomic E-state index is 0.392. The lowest BCUT2D eigenvalue weighted by molar-refractivity contribution is 0.0531. The lowest BCUT2D eigenvalue weighted by Crippen LogP contribution is -2.33. The van der Waals surface area contributed by atoms with Gasteiger partial charge in [0.1, 0.15) is 11.4 Å². The molecule has 1 aliphatic rings. The van der Waals surface area contributed by atoms with E-state index in [9.17, 15) is 4.79 Å². The van der Waals surface area contributed by atoms with Crippen LogP contribution in [-0.2, 0) is 4.74 Å². The topological polar surface area (TPSA) is 69.0 Å². The lowest BCUT2D eigenvalue weighted by atomic mass is 10.2. The molecule has 1 fully saturated rings. The van der Waals surface area contributed by atoms with Crippen LogP contribution >= 0.6 is 11.8 Å². The number of alkyl carbamates (subject to hydrolysis) is 1. The molecule has 0 bridgehead atoms. The molecule has 0 saturated heterocycles. The zero-order chi connectivity index (χ0) is 17.9. The Morgan fingerprint density at radius 2 is 2.00 bits per heavy atom. The van der Waals surface area contributed by atoms with Crippen molar-refractivity contribution in [2.75, 3.05) is 12.3 Å². The molecule has 1 amide bonds. The first-order valence-electron chi connectivity index (χ1n) is 8.54. The fourth-order valence-electron chi connectivity index (χ4n) is 2.41. The monoisotopic (exact) mass is 360 g/mol. The number of para-hydroxylation sites is 1. The second-order valence-electron chi connectivity index (χ2n) is 7.06. The molecule has 1 N–H and O–H groups in total. The Kier molecular flexibility index (Phi) is 5.32. The molecule has 1 heterocycles. The number of ether oxygens (including phenoxy) is 1. The summed E-state index contributed by atoms with van der Waals surface area (Å²) in [7, 11) is 0. The number of benzene rings is 1. The molecule has 6 nitrogen and oxygen atoms in total. The minimum atomic E-state index is -0.482. The van der Waals surface area contributed by atoms with E-state index >= 15 is 0 Å². The molecule has 7 heteroatoms. The summed E-state index contributed by atoms with van der Waals surface area (Å²) in [5.41, 5.74) is 0.598. The van der Waals surface area contributed by atoms with E-state index in [1.165, 1.54) is 12.8 Å². The van der Waals surface area contributed by atoms with Crippen molar-refractivity contribution < 1.29 is 9.53 Å². The summed E-state index contributed by atoms with van der Waals surface area (Å²) in [5, 5.41) is 12.4. The highest BCUT2D eigenvalue weighted by atomic mass is 32.2. The molecule has 1 aromatic heterocycles. The smallest absolute Gasteiger partial charge is 0.407 e. The van der Waals surface area contributed by atoms with Crippen LogP contribution in [0, 0.1) is 0 Å². The predicted molar refractivity (Wildman–Crippen MR) is 98.3 cm³/mol. The second kappa shape index (κ2) is 7.47. The van der Waals surface area contributed by atoms with Gasteiger partial charge in [-0.15, -0.1) is 10.2 Å². The van der Waals surface area contributed by atoms with Crippen LogP contribution in [0.4, 0.5) is 4.79 Å². The van der Waals surface area contributed by atoms with Gasteiger partial charge in [0.15, 0.2) is 5.16 Å². The van der Waals surface area contributed by atoms with Gasteiger partial charge in [-0.1, -0.05) is 30.0 Å². The summed E-state index contributed by atoms with van der Waals surface area (Å²) in [6, 6.07) is 10.2. The number of thioether (sulfide) groups is 1. The van der Waals surface area contributed by atoms with E-state index in [4.69, 9.17) is 4.74 Å². The van der Waals surface area contributed by atoms with Gasteiger partial charge in [0.2, 0.25) is 0 Å². The van der Waals surface area contributed by atoms with Crippen molar-refractivity contribution in [3.05, 3.63) is 36.2 Å². The third-order valence-electron chi connectivity index (χ3n) is 3.62. The standard InChI is InChI=1S/C18H24N4O2S/c1-18(2,3)24-17(23)19-11-12-25-16-21-20-15(13-9-10-13)22(16)14-7-5-4-6-8-14/h4-8,13H,9-12H2,1-3H3,(H,19,23). The molecule has 0 spiro atoms. The van der Waals surface area contributed by atoms with Crippen molar-refractivity contribution in [1.82, 2.24) is 20.1 Å². The number of nitrogens with zero attached hydrogens (tertiary/aromatic N) is 3. The Morgan fingerprint density at radius 1 is 1.28 bits per heavy atom.